The predicted molar refractivity (Wildman–Crippen MR) is 90.8 cm³/mol. The number of halogens is 3. The maximum Gasteiger partial charge on any atom is 0.417 e. The van der Waals surface area contributed by atoms with Crippen LogP contribution in [0.15, 0.2) is 29.2 Å². The molecular weight excluding hydrogens is 389 g/mol. The molecule has 0 amide bonds. The van der Waals surface area contributed by atoms with E-state index in [0.717, 1.165) is 12.8 Å². The van der Waals surface area contributed by atoms with Gasteiger partial charge in [-0.3, -0.25) is 19.9 Å². The molecule has 1 aromatic heterocycles. The quantitative estimate of drug-likeness (QED) is 0.531. The van der Waals surface area contributed by atoms with Crippen molar-refractivity contribution in [1.29, 1.82) is 0 Å². The highest BCUT2D eigenvalue weighted by molar-refractivity contribution is 7.92. The minimum absolute atomic E-state index is 0.0610. The summed E-state index contributed by atoms with van der Waals surface area (Å²) in [7, 11) is -4.67. The number of hydrogen-bond donors (Lipinski definition) is 2. The van der Waals surface area contributed by atoms with Crippen molar-refractivity contribution in [2.24, 2.45) is 0 Å². The van der Waals surface area contributed by atoms with Gasteiger partial charge in [-0.1, -0.05) is 20.3 Å². The van der Waals surface area contributed by atoms with E-state index in [9.17, 15) is 31.7 Å². The number of alkyl halides is 3. The second kappa shape index (κ2) is 7.55. The van der Waals surface area contributed by atoms with Gasteiger partial charge in [-0.2, -0.15) is 18.3 Å². The fourth-order valence-corrected chi connectivity index (χ4v) is 3.71. The molecule has 0 saturated heterocycles. The molecule has 2 aromatic rings. The van der Waals surface area contributed by atoms with Gasteiger partial charge in [0.1, 0.15) is 4.90 Å². The van der Waals surface area contributed by atoms with Crippen molar-refractivity contribution in [3.63, 3.8) is 0 Å². The number of hydrogen-bond acceptors (Lipinski definition) is 5. The number of anilines is 1. The van der Waals surface area contributed by atoms with Gasteiger partial charge in [-0.15, -0.1) is 0 Å². The Morgan fingerprint density at radius 3 is 2.56 bits per heavy atom. The van der Waals surface area contributed by atoms with Gasteiger partial charge in [0, 0.05) is 23.9 Å². The van der Waals surface area contributed by atoms with Crippen LogP contribution >= 0.6 is 0 Å². The van der Waals surface area contributed by atoms with E-state index in [1.54, 1.807) is 0 Å². The Bertz CT molecular complexity index is 941. The third kappa shape index (κ3) is 4.76. The van der Waals surface area contributed by atoms with Gasteiger partial charge in [0.2, 0.25) is 0 Å². The van der Waals surface area contributed by atoms with Crippen LogP contribution in [0.4, 0.5) is 24.7 Å². The molecule has 12 heteroatoms. The van der Waals surface area contributed by atoms with Crippen LogP contribution in [0.1, 0.15) is 43.9 Å². The second-order valence-electron chi connectivity index (χ2n) is 5.94. The van der Waals surface area contributed by atoms with Gasteiger partial charge >= 0.3 is 6.18 Å². The summed E-state index contributed by atoms with van der Waals surface area (Å²) in [6, 6.07) is 2.84. The summed E-state index contributed by atoms with van der Waals surface area (Å²) in [5.74, 6) is -0.106. The van der Waals surface area contributed by atoms with Gasteiger partial charge < -0.3 is 0 Å². The Morgan fingerprint density at radius 1 is 1.33 bits per heavy atom. The molecule has 1 atom stereocenters. The molecule has 1 unspecified atom stereocenters. The van der Waals surface area contributed by atoms with E-state index in [0.29, 0.717) is 17.8 Å². The molecule has 2 N–H and O–H groups in total. The molecule has 0 bridgehead atoms. The lowest BCUT2D eigenvalue weighted by molar-refractivity contribution is -0.385. The molecule has 0 aliphatic heterocycles. The molecule has 0 fully saturated rings. The van der Waals surface area contributed by atoms with Crippen molar-refractivity contribution in [2.45, 2.75) is 43.7 Å². The highest BCUT2D eigenvalue weighted by Crippen LogP contribution is 2.37. The van der Waals surface area contributed by atoms with Crippen LogP contribution in [0.3, 0.4) is 0 Å². The summed E-state index contributed by atoms with van der Waals surface area (Å²) in [4.78, 5) is 8.56. The Morgan fingerprint density at radius 2 is 2.00 bits per heavy atom. The lowest BCUT2D eigenvalue weighted by Gasteiger charge is -2.13. The number of H-pyrrole nitrogens is 1. The molecule has 1 aromatic carbocycles. The van der Waals surface area contributed by atoms with E-state index in [-0.39, 0.29) is 17.8 Å². The number of nitrogens with one attached hydrogen (secondary N) is 2. The molecular formula is C15H17F3N4O4S. The zero-order chi connectivity index (χ0) is 20.4. The molecule has 0 aliphatic carbocycles. The number of sulfonamides is 1. The van der Waals surface area contributed by atoms with Gasteiger partial charge in [-0.25, -0.2) is 8.42 Å². The lowest BCUT2D eigenvalue weighted by Crippen LogP contribution is -2.19. The van der Waals surface area contributed by atoms with E-state index >= 15 is 0 Å². The Labute approximate surface area is 153 Å². The number of nitro benzene ring substituents is 1. The zero-order valence-corrected chi connectivity index (χ0v) is 15.2. The maximum absolute atomic E-state index is 13.2. The van der Waals surface area contributed by atoms with Crippen molar-refractivity contribution in [3.8, 4) is 0 Å². The first kappa shape index (κ1) is 20.7. The third-order valence-corrected chi connectivity index (χ3v) is 5.27. The minimum atomic E-state index is -5.09. The fourth-order valence-electron chi connectivity index (χ4n) is 2.51. The van der Waals surface area contributed by atoms with Crippen molar-refractivity contribution in [2.75, 3.05) is 4.72 Å². The first-order chi connectivity index (χ1) is 12.5. The first-order valence-corrected chi connectivity index (χ1v) is 9.37. The summed E-state index contributed by atoms with van der Waals surface area (Å²) in [5, 5.41) is 17.1. The van der Waals surface area contributed by atoms with Crippen LogP contribution in [-0.4, -0.2) is 23.5 Å². The van der Waals surface area contributed by atoms with E-state index < -0.39 is 37.3 Å². The van der Waals surface area contributed by atoms with Crippen LogP contribution in [0.5, 0.6) is 0 Å². The molecule has 0 saturated carbocycles. The Hall–Kier alpha value is -2.63. The fraction of sp³-hybridized carbons (Fsp3) is 0.400. The number of rotatable bonds is 7. The Balaban J connectivity index is 2.41. The first-order valence-electron chi connectivity index (χ1n) is 7.89. The second-order valence-corrected chi connectivity index (χ2v) is 7.59. The summed E-state index contributed by atoms with van der Waals surface area (Å²) in [6.45, 7) is 3.87. The van der Waals surface area contributed by atoms with Gasteiger partial charge in [0.15, 0.2) is 5.82 Å². The topological polar surface area (TPSA) is 118 Å². The zero-order valence-electron chi connectivity index (χ0n) is 14.4. The molecule has 2 rings (SSSR count). The number of aromatic nitrogens is 2. The standard InChI is InChI=1S/C15H17F3N4O4S/c1-3-4-9(2)12-8-14(20-19-12)21-27(25,26)13-6-5-10(22(23)24)7-11(13)15(16,17)18/h5-9H,3-4H2,1-2H3,(H2,19,20,21). The van der Waals surface area contributed by atoms with E-state index in [4.69, 9.17) is 0 Å². The van der Waals surface area contributed by atoms with Crippen LogP contribution in [0.2, 0.25) is 0 Å². The van der Waals surface area contributed by atoms with E-state index in [1.807, 2.05) is 18.6 Å². The molecule has 0 radical (unpaired) electrons. The molecule has 0 spiro atoms. The highest BCUT2D eigenvalue weighted by atomic mass is 32.2. The minimum Gasteiger partial charge on any atom is -0.280 e. The summed E-state index contributed by atoms with van der Waals surface area (Å²) in [6.07, 6.45) is -3.39. The number of nitro groups is 1. The summed E-state index contributed by atoms with van der Waals surface area (Å²) >= 11 is 0. The predicted octanol–water partition coefficient (Wildman–Crippen LogP) is 4.04. The SMILES string of the molecule is CCCC(C)c1cc(NS(=O)(=O)c2ccc([N+](=O)[O-])cc2C(F)(F)F)n[nH]1. The van der Waals surface area contributed by atoms with Crippen LogP contribution in [0, 0.1) is 10.1 Å². The van der Waals surface area contributed by atoms with Gasteiger partial charge in [0.25, 0.3) is 15.7 Å². The summed E-state index contributed by atoms with van der Waals surface area (Å²) in [5.41, 5.74) is -1.86. The van der Waals surface area contributed by atoms with Gasteiger partial charge in [0.05, 0.1) is 10.5 Å². The molecule has 1 heterocycles. The number of nitrogens with zero attached hydrogens (tertiary/aromatic N) is 2. The monoisotopic (exact) mass is 406 g/mol. The van der Waals surface area contributed by atoms with Crippen LogP contribution < -0.4 is 4.72 Å². The largest absolute Gasteiger partial charge is 0.417 e. The van der Waals surface area contributed by atoms with Crippen molar-refractivity contribution < 1.29 is 26.5 Å². The van der Waals surface area contributed by atoms with Crippen molar-refractivity contribution in [1.82, 2.24) is 10.2 Å². The van der Waals surface area contributed by atoms with Gasteiger partial charge in [-0.05, 0) is 18.4 Å². The number of aromatic amines is 1. The average molecular weight is 406 g/mol. The van der Waals surface area contributed by atoms with Crippen molar-refractivity contribution in [3.05, 3.63) is 45.6 Å². The maximum atomic E-state index is 13.2. The number of benzene rings is 1. The van der Waals surface area contributed by atoms with E-state index in [2.05, 4.69) is 10.2 Å². The third-order valence-electron chi connectivity index (χ3n) is 3.86. The lowest BCUT2D eigenvalue weighted by atomic mass is 10.0. The molecule has 0 aliphatic rings. The summed E-state index contributed by atoms with van der Waals surface area (Å²) < 4.78 is 66.5. The van der Waals surface area contributed by atoms with Crippen LogP contribution in [0.25, 0.3) is 0 Å². The normalized spacial score (nSPS) is 13.4. The average Bonchev–Trinajstić information content (AvgIpc) is 3.01. The molecule has 27 heavy (non-hydrogen) atoms. The highest BCUT2D eigenvalue weighted by Gasteiger charge is 2.39. The van der Waals surface area contributed by atoms with Crippen LogP contribution in [-0.2, 0) is 16.2 Å². The number of non-ortho nitro benzene ring substituents is 1. The smallest absolute Gasteiger partial charge is 0.280 e. The van der Waals surface area contributed by atoms with Crippen molar-refractivity contribution >= 4 is 21.5 Å². The molecule has 8 nitrogen and oxygen atoms in total. The molecule has 148 valence electrons. The Kier molecular flexibility index (Phi) is 5.78. The van der Waals surface area contributed by atoms with E-state index in [1.165, 1.54) is 6.07 Å².